The van der Waals surface area contributed by atoms with E-state index in [1.165, 1.54) is 0 Å². The van der Waals surface area contributed by atoms with Gasteiger partial charge in [-0.05, 0) is 58.8 Å². The molecule has 1 N–H and O–H groups in total. The molecule has 2 heterocycles. The fourth-order valence-electron chi connectivity index (χ4n) is 3.90. The lowest BCUT2D eigenvalue weighted by molar-refractivity contribution is -0.138. The molecule has 0 unspecified atom stereocenters. The van der Waals surface area contributed by atoms with Crippen molar-refractivity contribution in [2.45, 2.75) is 71.8 Å². The van der Waals surface area contributed by atoms with E-state index in [2.05, 4.69) is 5.32 Å². The van der Waals surface area contributed by atoms with Crippen LogP contribution in [0.15, 0.2) is 0 Å². The van der Waals surface area contributed by atoms with Gasteiger partial charge in [-0.1, -0.05) is 6.92 Å². The number of ether oxygens (including phenoxy) is 1. The van der Waals surface area contributed by atoms with E-state index in [4.69, 9.17) is 4.74 Å². The van der Waals surface area contributed by atoms with E-state index in [1.54, 1.807) is 4.90 Å². The summed E-state index contributed by atoms with van der Waals surface area (Å²) in [4.78, 5) is 40.5. The highest BCUT2D eigenvalue weighted by Gasteiger charge is 2.33. The summed E-state index contributed by atoms with van der Waals surface area (Å²) in [6, 6.07) is 0. The summed E-state index contributed by atoms with van der Waals surface area (Å²) in [7, 11) is 0. The Hall–Kier alpha value is -1.79. The maximum atomic E-state index is 12.9. The van der Waals surface area contributed by atoms with Crippen LogP contribution in [-0.4, -0.2) is 66.0 Å². The number of likely N-dealkylation sites (tertiary alicyclic amines) is 2. The highest BCUT2D eigenvalue weighted by molar-refractivity contribution is 5.79. The number of nitrogens with one attached hydrogen (secondary N) is 1. The van der Waals surface area contributed by atoms with E-state index in [9.17, 15) is 14.4 Å². The third-order valence-electron chi connectivity index (χ3n) is 5.39. The number of rotatable bonds is 5. The van der Waals surface area contributed by atoms with Crippen molar-refractivity contribution < 1.29 is 19.1 Å². The van der Waals surface area contributed by atoms with Gasteiger partial charge >= 0.3 is 6.09 Å². The lowest BCUT2D eigenvalue weighted by atomic mass is 9.92. The molecule has 2 saturated heterocycles. The van der Waals surface area contributed by atoms with Crippen LogP contribution in [0.5, 0.6) is 0 Å². The summed E-state index contributed by atoms with van der Waals surface area (Å²) in [5, 5.41) is 2.99. The Balaban J connectivity index is 1.78. The first-order valence-corrected chi connectivity index (χ1v) is 10.7. The molecule has 0 radical (unpaired) electrons. The van der Waals surface area contributed by atoms with Gasteiger partial charge in [0.05, 0.1) is 0 Å². The molecule has 2 aliphatic heterocycles. The maximum absolute atomic E-state index is 12.9. The van der Waals surface area contributed by atoms with Gasteiger partial charge in [0.25, 0.3) is 0 Å². The van der Waals surface area contributed by atoms with Crippen LogP contribution in [0.4, 0.5) is 4.79 Å². The number of hydrogen-bond acceptors (Lipinski definition) is 4. The quantitative estimate of drug-likeness (QED) is 0.776. The average molecular weight is 396 g/mol. The van der Waals surface area contributed by atoms with Gasteiger partial charge in [0.2, 0.25) is 11.8 Å². The van der Waals surface area contributed by atoms with Crippen molar-refractivity contribution >= 4 is 17.9 Å². The summed E-state index contributed by atoms with van der Waals surface area (Å²) in [6.07, 6.45) is 4.52. The lowest BCUT2D eigenvalue weighted by Gasteiger charge is -2.38. The highest BCUT2D eigenvalue weighted by atomic mass is 16.6. The summed E-state index contributed by atoms with van der Waals surface area (Å²) in [5.74, 6) is 0.612. The van der Waals surface area contributed by atoms with Crippen LogP contribution >= 0.6 is 0 Å². The minimum absolute atomic E-state index is 0.0212. The fraction of sp³-hybridized carbons (Fsp3) is 0.857. The first-order valence-electron chi connectivity index (χ1n) is 10.7. The monoisotopic (exact) mass is 395 g/mol. The third-order valence-corrected chi connectivity index (χ3v) is 5.39. The van der Waals surface area contributed by atoms with Gasteiger partial charge in [-0.3, -0.25) is 9.59 Å². The van der Waals surface area contributed by atoms with Gasteiger partial charge in [0.1, 0.15) is 5.60 Å². The number of carbonyl (C=O) groups is 3. The summed E-state index contributed by atoms with van der Waals surface area (Å²) >= 11 is 0. The van der Waals surface area contributed by atoms with Gasteiger partial charge in [-0.2, -0.15) is 0 Å². The molecule has 2 fully saturated rings. The molecule has 0 aromatic heterocycles. The molecule has 2 aliphatic rings. The molecule has 28 heavy (non-hydrogen) atoms. The van der Waals surface area contributed by atoms with Gasteiger partial charge in [0, 0.05) is 45.1 Å². The van der Waals surface area contributed by atoms with Crippen molar-refractivity contribution in [3.8, 4) is 0 Å². The first kappa shape index (κ1) is 22.5. The zero-order valence-electron chi connectivity index (χ0n) is 18.0. The minimum atomic E-state index is -0.501. The second-order valence-corrected chi connectivity index (χ2v) is 9.09. The molecular weight excluding hydrogens is 358 g/mol. The van der Waals surface area contributed by atoms with E-state index < -0.39 is 5.60 Å². The molecule has 0 bridgehead atoms. The van der Waals surface area contributed by atoms with Crippen LogP contribution in [0.3, 0.4) is 0 Å². The minimum Gasteiger partial charge on any atom is -0.444 e. The van der Waals surface area contributed by atoms with Crippen molar-refractivity contribution in [1.29, 1.82) is 0 Å². The van der Waals surface area contributed by atoms with Gasteiger partial charge < -0.3 is 19.9 Å². The Morgan fingerprint density at radius 1 is 1.04 bits per heavy atom. The first-order chi connectivity index (χ1) is 13.2. The smallest absolute Gasteiger partial charge is 0.410 e. The third kappa shape index (κ3) is 6.99. The molecule has 160 valence electrons. The van der Waals surface area contributed by atoms with Gasteiger partial charge in [-0.15, -0.1) is 0 Å². The van der Waals surface area contributed by atoms with Crippen LogP contribution < -0.4 is 5.32 Å². The van der Waals surface area contributed by atoms with Gasteiger partial charge in [-0.25, -0.2) is 4.79 Å². The van der Waals surface area contributed by atoms with E-state index in [1.807, 2.05) is 32.6 Å². The Bertz CT molecular complexity index is 550. The van der Waals surface area contributed by atoms with Crippen molar-refractivity contribution in [1.82, 2.24) is 15.1 Å². The Labute approximate surface area is 169 Å². The number of amides is 3. The number of piperidine rings is 2. The molecule has 3 amide bonds. The summed E-state index contributed by atoms with van der Waals surface area (Å²) < 4.78 is 5.42. The number of hydrogen-bond donors (Lipinski definition) is 1. The molecule has 0 saturated carbocycles. The molecule has 0 aliphatic carbocycles. The number of carbonyl (C=O) groups excluding carboxylic acids is 3. The second kappa shape index (κ2) is 10.1. The molecule has 0 aromatic rings. The van der Waals surface area contributed by atoms with Crippen molar-refractivity contribution in [3.63, 3.8) is 0 Å². The van der Waals surface area contributed by atoms with Crippen molar-refractivity contribution in [3.05, 3.63) is 0 Å². The van der Waals surface area contributed by atoms with Gasteiger partial charge in [0.15, 0.2) is 0 Å². The predicted molar refractivity (Wildman–Crippen MR) is 108 cm³/mol. The van der Waals surface area contributed by atoms with E-state index >= 15 is 0 Å². The van der Waals surface area contributed by atoms with Crippen LogP contribution in [0, 0.1) is 11.8 Å². The predicted octanol–water partition coefficient (Wildman–Crippen LogP) is 2.79. The number of nitrogens with zero attached hydrogens (tertiary/aromatic N) is 2. The maximum Gasteiger partial charge on any atom is 0.410 e. The Kier molecular flexibility index (Phi) is 8.13. The zero-order valence-corrected chi connectivity index (χ0v) is 18.0. The van der Waals surface area contributed by atoms with E-state index in [0.717, 1.165) is 32.4 Å². The summed E-state index contributed by atoms with van der Waals surface area (Å²) in [5.41, 5.74) is -0.501. The van der Waals surface area contributed by atoms with Crippen LogP contribution in [0.2, 0.25) is 0 Å². The van der Waals surface area contributed by atoms with Crippen LogP contribution in [0.25, 0.3) is 0 Å². The second-order valence-electron chi connectivity index (χ2n) is 9.09. The zero-order chi connectivity index (χ0) is 20.7. The van der Waals surface area contributed by atoms with Crippen molar-refractivity contribution in [2.24, 2.45) is 11.8 Å². The molecular formula is C21H37N3O4. The highest BCUT2D eigenvalue weighted by Crippen LogP contribution is 2.24. The average Bonchev–Trinajstić information content (AvgIpc) is 2.65. The molecule has 2 rings (SSSR count). The molecule has 1 atom stereocenters. The van der Waals surface area contributed by atoms with Crippen LogP contribution in [-0.2, 0) is 14.3 Å². The molecule has 7 nitrogen and oxygen atoms in total. The summed E-state index contributed by atoms with van der Waals surface area (Å²) in [6.45, 7) is 10.9. The lowest BCUT2D eigenvalue weighted by Crippen LogP contribution is -2.49. The standard InChI is InChI=1S/C21H37N3O4/c1-5-7-18(25)22-14-16-8-6-11-24(15-16)19(26)17-9-12-23(13-10-17)20(27)28-21(2,3)4/h16-17H,5-15H2,1-4H3,(H,22,25)/t16-/m0/s1. The SMILES string of the molecule is CCCC(=O)NC[C@@H]1CCCN(C(=O)C2CCN(C(=O)OC(C)(C)C)CC2)C1. The largest absolute Gasteiger partial charge is 0.444 e. The Morgan fingerprint density at radius 3 is 2.32 bits per heavy atom. The van der Waals surface area contributed by atoms with E-state index in [0.29, 0.717) is 44.8 Å². The molecule has 0 spiro atoms. The van der Waals surface area contributed by atoms with E-state index in [-0.39, 0.29) is 23.8 Å². The topological polar surface area (TPSA) is 79.0 Å². The molecule has 7 heteroatoms. The molecule has 0 aromatic carbocycles. The Morgan fingerprint density at radius 2 is 1.71 bits per heavy atom. The van der Waals surface area contributed by atoms with Crippen LogP contribution in [0.1, 0.15) is 66.2 Å². The fourth-order valence-corrected chi connectivity index (χ4v) is 3.90. The normalized spacial score (nSPS) is 21.4. The van der Waals surface area contributed by atoms with Crippen molar-refractivity contribution in [2.75, 3.05) is 32.7 Å².